The highest BCUT2D eigenvalue weighted by molar-refractivity contribution is 5.95. The van der Waals surface area contributed by atoms with Gasteiger partial charge in [-0.3, -0.25) is 4.79 Å². The van der Waals surface area contributed by atoms with E-state index in [1.807, 2.05) is 13.1 Å². The molecule has 15 heavy (non-hydrogen) atoms. The summed E-state index contributed by atoms with van der Waals surface area (Å²) in [7, 11) is 0. The van der Waals surface area contributed by atoms with Gasteiger partial charge in [0.1, 0.15) is 0 Å². The standard InChI is InChI=1S/C11H17N3O/c1-8-5-13-7-10(8)11(15)14-9-3-2-4-12-6-9/h5,7,9,12-13H,2-4,6H2,1H3,(H,14,15)/t9-/m0/s1. The predicted octanol–water partition coefficient (Wildman–Crippen LogP) is 0.805. The lowest BCUT2D eigenvalue weighted by Gasteiger charge is -2.23. The summed E-state index contributed by atoms with van der Waals surface area (Å²) in [6.45, 7) is 3.88. The van der Waals surface area contributed by atoms with E-state index in [0.29, 0.717) is 0 Å². The van der Waals surface area contributed by atoms with Gasteiger partial charge in [0.05, 0.1) is 5.56 Å². The number of piperidine rings is 1. The topological polar surface area (TPSA) is 56.9 Å². The average molecular weight is 207 g/mol. The van der Waals surface area contributed by atoms with Gasteiger partial charge in [-0.25, -0.2) is 0 Å². The maximum Gasteiger partial charge on any atom is 0.253 e. The van der Waals surface area contributed by atoms with Gasteiger partial charge < -0.3 is 15.6 Å². The molecule has 1 saturated heterocycles. The molecular weight excluding hydrogens is 190 g/mol. The van der Waals surface area contributed by atoms with Crippen LogP contribution in [0.25, 0.3) is 0 Å². The quantitative estimate of drug-likeness (QED) is 0.672. The van der Waals surface area contributed by atoms with Crippen LogP contribution in [0.5, 0.6) is 0 Å². The highest BCUT2D eigenvalue weighted by atomic mass is 16.1. The summed E-state index contributed by atoms with van der Waals surface area (Å²) in [5, 5.41) is 6.32. The molecule has 0 aromatic carbocycles. The zero-order valence-electron chi connectivity index (χ0n) is 8.97. The van der Waals surface area contributed by atoms with E-state index in [0.717, 1.165) is 37.1 Å². The van der Waals surface area contributed by atoms with Crippen molar-refractivity contribution in [2.24, 2.45) is 0 Å². The van der Waals surface area contributed by atoms with Crippen LogP contribution >= 0.6 is 0 Å². The summed E-state index contributed by atoms with van der Waals surface area (Å²) in [5.74, 6) is 0.0300. The first kappa shape index (κ1) is 10.2. The van der Waals surface area contributed by atoms with Crippen LogP contribution in [0.2, 0.25) is 0 Å². The number of aryl methyl sites for hydroxylation is 1. The van der Waals surface area contributed by atoms with Crippen LogP contribution in [-0.2, 0) is 0 Å². The summed E-state index contributed by atoms with van der Waals surface area (Å²) in [4.78, 5) is 14.8. The molecule has 0 spiro atoms. The summed E-state index contributed by atoms with van der Waals surface area (Å²) in [6, 6.07) is 0.278. The monoisotopic (exact) mass is 207 g/mol. The third-order valence-corrected chi connectivity index (χ3v) is 2.83. The minimum absolute atomic E-state index is 0.0300. The molecule has 0 radical (unpaired) electrons. The highest BCUT2D eigenvalue weighted by Gasteiger charge is 2.17. The molecule has 0 unspecified atom stereocenters. The first-order valence-electron chi connectivity index (χ1n) is 5.42. The van der Waals surface area contributed by atoms with Gasteiger partial charge >= 0.3 is 0 Å². The first-order chi connectivity index (χ1) is 7.27. The minimum atomic E-state index is 0.0300. The zero-order chi connectivity index (χ0) is 10.7. The number of aromatic nitrogens is 1. The number of H-pyrrole nitrogens is 1. The summed E-state index contributed by atoms with van der Waals surface area (Å²) in [6.07, 6.45) is 5.80. The lowest BCUT2D eigenvalue weighted by molar-refractivity contribution is 0.0930. The van der Waals surface area contributed by atoms with Gasteiger partial charge in [-0.15, -0.1) is 0 Å². The fraction of sp³-hybridized carbons (Fsp3) is 0.545. The fourth-order valence-corrected chi connectivity index (χ4v) is 1.92. The van der Waals surface area contributed by atoms with E-state index in [2.05, 4.69) is 15.6 Å². The Labute approximate surface area is 89.5 Å². The molecule has 82 valence electrons. The van der Waals surface area contributed by atoms with Crippen LogP contribution in [0.1, 0.15) is 28.8 Å². The third kappa shape index (κ3) is 2.39. The Morgan fingerprint density at radius 3 is 3.00 bits per heavy atom. The lowest BCUT2D eigenvalue weighted by Crippen LogP contribution is -2.45. The van der Waals surface area contributed by atoms with Gasteiger partial charge in [0.15, 0.2) is 0 Å². The van der Waals surface area contributed by atoms with E-state index in [1.165, 1.54) is 0 Å². The van der Waals surface area contributed by atoms with Gasteiger partial charge in [-0.05, 0) is 31.9 Å². The van der Waals surface area contributed by atoms with Crippen molar-refractivity contribution in [3.05, 3.63) is 23.5 Å². The van der Waals surface area contributed by atoms with E-state index < -0.39 is 0 Å². The zero-order valence-corrected chi connectivity index (χ0v) is 8.97. The predicted molar refractivity (Wildman–Crippen MR) is 58.9 cm³/mol. The molecule has 0 saturated carbocycles. The number of nitrogens with one attached hydrogen (secondary N) is 3. The van der Waals surface area contributed by atoms with Gasteiger partial charge in [-0.1, -0.05) is 0 Å². The smallest absolute Gasteiger partial charge is 0.253 e. The Kier molecular flexibility index (Phi) is 3.06. The molecule has 0 aliphatic carbocycles. The minimum Gasteiger partial charge on any atom is -0.367 e. The number of carbonyl (C=O) groups excluding carboxylic acids is 1. The molecule has 4 heteroatoms. The lowest BCUT2D eigenvalue weighted by atomic mass is 10.1. The molecule has 1 aliphatic rings. The van der Waals surface area contributed by atoms with Gasteiger partial charge in [-0.2, -0.15) is 0 Å². The first-order valence-corrected chi connectivity index (χ1v) is 5.42. The molecule has 4 nitrogen and oxygen atoms in total. The van der Waals surface area contributed by atoms with Gasteiger partial charge in [0, 0.05) is 25.0 Å². The molecule has 2 rings (SSSR count). The Morgan fingerprint density at radius 2 is 2.40 bits per heavy atom. The largest absolute Gasteiger partial charge is 0.367 e. The van der Waals surface area contributed by atoms with E-state index in [4.69, 9.17) is 0 Å². The van der Waals surface area contributed by atoms with Crippen molar-refractivity contribution in [3.8, 4) is 0 Å². The second-order valence-corrected chi connectivity index (χ2v) is 4.07. The summed E-state index contributed by atoms with van der Waals surface area (Å²) < 4.78 is 0. The number of aromatic amines is 1. The van der Waals surface area contributed by atoms with Crippen molar-refractivity contribution in [2.45, 2.75) is 25.8 Å². The van der Waals surface area contributed by atoms with Crippen LogP contribution in [-0.4, -0.2) is 30.0 Å². The van der Waals surface area contributed by atoms with E-state index in [9.17, 15) is 4.79 Å². The number of amides is 1. The van der Waals surface area contributed by atoms with Crippen molar-refractivity contribution < 1.29 is 4.79 Å². The molecule has 1 fully saturated rings. The van der Waals surface area contributed by atoms with Gasteiger partial charge in [0.25, 0.3) is 5.91 Å². The van der Waals surface area contributed by atoms with E-state index >= 15 is 0 Å². The summed E-state index contributed by atoms with van der Waals surface area (Å²) in [5.41, 5.74) is 1.75. The Bertz CT molecular complexity index is 339. The molecule has 1 atom stereocenters. The number of hydrogen-bond acceptors (Lipinski definition) is 2. The normalized spacial score (nSPS) is 21.3. The van der Waals surface area contributed by atoms with Crippen molar-refractivity contribution >= 4 is 5.91 Å². The van der Waals surface area contributed by atoms with Crippen molar-refractivity contribution in [1.82, 2.24) is 15.6 Å². The van der Waals surface area contributed by atoms with Crippen molar-refractivity contribution in [3.63, 3.8) is 0 Å². The average Bonchev–Trinajstić information content (AvgIpc) is 2.66. The second-order valence-electron chi connectivity index (χ2n) is 4.07. The van der Waals surface area contributed by atoms with Crippen LogP contribution in [0.4, 0.5) is 0 Å². The maximum absolute atomic E-state index is 11.8. The molecule has 3 N–H and O–H groups in total. The Balaban J connectivity index is 1.94. The van der Waals surface area contributed by atoms with Gasteiger partial charge in [0.2, 0.25) is 0 Å². The molecular formula is C11H17N3O. The number of hydrogen-bond donors (Lipinski definition) is 3. The molecule has 1 aliphatic heterocycles. The van der Waals surface area contributed by atoms with Crippen LogP contribution in [0.15, 0.2) is 12.4 Å². The van der Waals surface area contributed by atoms with Crippen molar-refractivity contribution in [1.29, 1.82) is 0 Å². The SMILES string of the molecule is Cc1c[nH]cc1C(=O)N[C@H]1CCCNC1. The number of carbonyl (C=O) groups is 1. The van der Waals surface area contributed by atoms with Crippen LogP contribution in [0.3, 0.4) is 0 Å². The Morgan fingerprint density at radius 1 is 1.53 bits per heavy atom. The van der Waals surface area contributed by atoms with Crippen LogP contribution in [0, 0.1) is 6.92 Å². The molecule has 1 aromatic heterocycles. The molecule has 0 bridgehead atoms. The molecule has 1 aromatic rings. The van der Waals surface area contributed by atoms with E-state index in [1.54, 1.807) is 6.20 Å². The van der Waals surface area contributed by atoms with Crippen LogP contribution < -0.4 is 10.6 Å². The third-order valence-electron chi connectivity index (χ3n) is 2.83. The van der Waals surface area contributed by atoms with Crippen molar-refractivity contribution in [2.75, 3.05) is 13.1 Å². The number of rotatable bonds is 2. The van der Waals surface area contributed by atoms with E-state index in [-0.39, 0.29) is 11.9 Å². The Hall–Kier alpha value is -1.29. The summed E-state index contributed by atoms with van der Waals surface area (Å²) >= 11 is 0. The molecule has 1 amide bonds. The molecule has 2 heterocycles. The second kappa shape index (κ2) is 4.49. The maximum atomic E-state index is 11.8. The highest BCUT2D eigenvalue weighted by Crippen LogP contribution is 2.07. The fourth-order valence-electron chi connectivity index (χ4n) is 1.92.